The second-order valence-electron chi connectivity index (χ2n) is 3.36. The van der Waals surface area contributed by atoms with Gasteiger partial charge in [0.25, 0.3) is 0 Å². The highest BCUT2D eigenvalue weighted by molar-refractivity contribution is 7.89. The van der Waals surface area contributed by atoms with Gasteiger partial charge in [0.1, 0.15) is 0 Å². The number of esters is 1. The van der Waals surface area contributed by atoms with Crippen LogP contribution in [0.1, 0.15) is 13.3 Å². The predicted octanol–water partition coefficient (Wildman–Crippen LogP) is -1.05. The summed E-state index contributed by atoms with van der Waals surface area (Å²) in [5.41, 5.74) is 0. The van der Waals surface area contributed by atoms with Gasteiger partial charge in [-0.05, 0) is 13.3 Å². The summed E-state index contributed by atoms with van der Waals surface area (Å²) in [6.07, 6.45) is -0.204. The van der Waals surface area contributed by atoms with Gasteiger partial charge >= 0.3 is 5.97 Å². The second kappa shape index (κ2) is 4.91. The van der Waals surface area contributed by atoms with E-state index in [4.69, 9.17) is 0 Å². The molecule has 0 amide bonds. The number of rotatable bonds is 4. The molecule has 0 aromatic carbocycles. The molecule has 88 valence electrons. The molecular formula is C8H15NO5S. The maximum absolute atomic E-state index is 11.6. The zero-order valence-corrected chi connectivity index (χ0v) is 9.37. The summed E-state index contributed by atoms with van der Waals surface area (Å²) in [4.78, 5) is 11.0. The highest BCUT2D eigenvalue weighted by Crippen LogP contribution is 2.13. The zero-order valence-electron chi connectivity index (χ0n) is 8.55. The molecule has 1 N–H and O–H groups in total. The third kappa shape index (κ3) is 3.44. The summed E-state index contributed by atoms with van der Waals surface area (Å²) in [5, 5.41) is 9.18. The summed E-state index contributed by atoms with van der Waals surface area (Å²) >= 11 is 0. The minimum Gasteiger partial charge on any atom is -0.465 e. The van der Waals surface area contributed by atoms with E-state index in [1.807, 2.05) is 0 Å². The van der Waals surface area contributed by atoms with Gasteiger partial charge < -0.3 is 9.84 Å². The number of aliphatic hydroxyl groups is 1. The molecule has 0 unspecified atom stereocenters. The number of aliphatic hydroxyl groups excluding tert-OH is 1. The molecule has 1 saturated heterocycles. The molecule has 1 fully saturated rings. The van der Waals surface area contributed by atoms with E-state index in [0.29, 0.717) is 6.42 Å². The maximum Gasteiger partial charge on any atom is 0.322 e. The van der Waals surface area contributed by atoms with Crippen LogP contribution in [0.25, 0.3) is 0 Å². The SMILES string of the molecule is CCOC(=O)CS(=O)(=O)N1CC[C@H](O)C1. The first-order valence-electron chi connectivity index (χ1n) is 4.77. The van der Waals surface area contributed by atoms with Crippen LogP contribution >= 0.6 is 0 Å². The Hall–Kier alpha value is -0.660. The number of sulfonamides is 1. The summed E-state index contributed by atoms with van der Waals surface area (Å²) in [6.45, 7) is 2.12. The van der Waals surface area contributed by atoms with Gasteiger partial charge in [-0.1, -0.05) is 0 Å². The number of carbonyl (C=O) groups excluding carboxylic acids is 1. The molecule has 0 aromatic rings. The van der Waals surface area contributed by atoms with Crippen LogP contribution in [0.15, 0.2) is 0 Å². The molecule has 1 aliphatic rings. The van der Waals surface area contributed by atoms with Crippen molar-refractivity contribution < 1.29 is 23.1 Å². The van der Waals surface area contributed by atoms with E-state index < -0.39 is 27.8 Å². The van der Waals surface area contributed by atoms with Crippen LogP contribution < -0.4 is 0 Å². The monoisotopic (exact) mass is 237 g/mol. The van der Waals surface area contributed by atoms with Gasteiger partial charge in [-0.25, -0.2) is 8.42 Å². The van der Waals surface area contributed by atoms with Crippen molar-refractivity contribution in [3.05, 3.63) is 0 Å². The molecule has 0 saturated carbocycles. The van der Waals surface area contributed by atoms with Crippen molar-refractivity contribution >= 4 is 16.0 Å². The van der Waals surface area contributed by atoms with E-state index in [9.17, 15) is 18.3 Å². The Morgan fingerprint density at radius 1 is 1.60 bits per heavy atom. The number of carbonyl (C=O) groups is 1. The minimum absolute atomic E-state index is 0.0712. The van der Waals surface area contributed by atoms with Crippen LogP contribution in [0.2, 0.25) is 0 Å². The molecule has 0 aliphatic carbocycles. The van der Waals surface area contributed by atoms with Gasteiger partial charge in [-0.3, -0.25) is 4.79 Å². The standard InChI is InChI=1S/C8H15NO5S/c1-2-14-8(11)6-15(12,13)9-4-3-7(10)5-9/h7,10H,2-6H2,1H3/t7-/m0/s1. The molecule has 1 rings (SSSR count). The Morgan fingerprint density at radius 3 is 2.73 bits per heavy atom. The van der Waals surface area contributed by atoms with E-state index in [1.165, 1.54) is 0 Å². The lowest BCUT2D eigenvalue weighted by Gasteiger charge is -2.14. The molecule has 1 aliphatic heterocycles. The third-order valence-corrected chi connectivity index (χ3v) is 3.84. The summed E-state index contributed by atoms with van der Waals surface area (Å²) in [5.74, 6) is -1.40. The van der Waals surface area contributed by atoms with Gasteiger partial charge in [0.15, 0.2) is 5.75 Å². The van der Waals surface area contributed by atoms with Crippen molar-refractivity contribution in [2.45, 2.75) is 19.4 Å². The molecule has 15 heavy (non-hydrogen) atoms. The van der Waals surface area contributed by atoms with E-state index in [0.717, 1.165) is 4.31 Å². The van der Waals surface area contributed by atoms with Gasteiger partial charge in [0, 0.05) is 13.1 Å². The van der Waals surface area contributed by atoms with Crippen molar-refractivity contribution in [1.29, 1.82) is 0 Å². The van der Waals surface area contributed by atoms with Gasteiger partial charge in [0.2, 0.25) is 10.0 Å². The lowest BCUT2D eigenvalue weighted by molar-refractivity contribution is -0.140. The first-order chi connectivity index (χ1) is 6.95. The van der Waals surface area contributed by atoms with E-state index in [1.54, 1.807) is 6.92 Å². The van der Waals surface area contributed by atoms with Crippen molar-refractivity contribution in [1.82, 2.24) is 4.31 Å². The Labute approximate surface area is 88.9 Å². The zero-order chi connectivity index (χ0) is 11.5. The highest BCUT2D eigenvalue weighted by Gasteiger charge is 2.32. The van der Waals surface area contributed by atoms with Crippen molar-refractivity contribution in [3.63, 3.8) is 0 Å². The molecule has 6 nitrogen and oxygen atoms in total. The van der Waals surface area contributed by atoms with Crippen LogP contribution in [0, 0.1) is 0 Å². The van der Waals surface area contributed by atoms with Crippen LogP contribution in [0.3, 0.4) is 0 Å². The maximum atomic E-state index is 11.6. The average molecular weight is 237 g/mol. The molecule has 1 heterocycles. The number of β-amino-alcohol motifs (C(OH)–C–C–N with tert-alkyl or cyclic N) is 1. The highest BCUT2D eigenvalue weighted by atomic mass is 32.2. The molecular weight excluding hydrogens is 222 g/mol. The van der Waals surface area contributed by atoms with Crippen LogP contribution in [-0.4, -0.2) is 55.4 Å². The first-order valence-corrected chi connectivity index (χ1v) is 6.38. The Balaban J connectivity index is 2.56. The number of nitrogens with zero attached hydrogens (tertiary/aromatic N) is 1. The third-order valence-electron chi connectivity index (χ3n) is 2.13. The lowest BCUT2D eigenvalue weighted by Crippen LogP contribution is -2.35. The molecule has 1 atom stereocenters. The van der Waals surface area contributed by atoms with E-state index in [2.05, 4.69) is 4.74 Å². The summed E-state index contributed by atoms with van der Waals surface area (Å²) < 4.78 is 28.8. The Kier molecular flexibility index (Phi) is 4.06. The van der Waals surface area contributed by atoms with Crippen LogP contribution in [0.4, 0.5) is 0 Å². The fourth-order valence-electron chi connectivity index (χ4n) is 1.41. The molecule has 0 aromatic heterocycles. The molecule has 0 radical (unpaired) electrons. The van der Waals surface area contributed by atoms with Gasteiger partial charge in [-0.15, -0.1) is 0 Å². The summed E-state index contributed by atoms with van der Waals surface area (Å²) in [7, 11) is -3.62. The fraction of sp³-hybridized carbons (Fsp3) is 0.875. The molecule has 0 spiro atoms. The predicted molar refractivity (Wildman–Crippen MR) is 52.6 cm³/mol. The first kappa shape index (κ1) is 12.4. The summed E-state index contributed by atoms with van der Waals surface area (Å²) in [6, 6.07) is 0. The minimum atomic E-state index is -3.62. The molecule has 0 bridgehead atoms. The number of hydrogen-bond acceptors (Lipinski definition) is 5. The van der Waals surface area contributed by atoms with Crippen molar-refractivity contribution in [2.75, 3.05) is 25.4 Å². The van der Waals surface area contributed by atoms with E-state index >= 15 is 0 Å². The Bertz CT molecular complexity index is 326. The van der Waals surface area contributed by atoms with Gasteiger partial charge in [-0.2, -0.15) is 4.31 Å². The topological polar surface area (TPSA) is 83.9 Å². The second-order valence-corrected chi connectivity index (χ2v) is 5.33. The smallest absolute Gasteiger partial charge is 0.322 e. The Morgan fingerprint density at radius 2 is 2.27 bits per heavy atom. The number of ether oxygens (including phenoxy) is 1. The van der Waals surface area contributed by atoms with Crippen molar-refractivity contribution in [2.24, 2.45) is 0 Å². The normalized spacial score (nSPS) is 22.9. The quantitative estimate of drug-likeness (QED) is 0.630. The lowest BCUT2D eigenvalue weighted by atomic mass is 10.3. The fourth-order valence-corrected chi connectivity index (χ4v) is 2.75. The van der Waals surface area contributed by atoms with Crippen molar-refractivity contribution in [3.8, 4) is 0 Å². The van der Waals surface area contributed by atoms with E-state index in [-0.39, 0.29) is 19.7 Å². The largest absolute Gasteiger partial charge is 0.465 e. The molecule has 7 heteroatoms. The average Bonchev–Trinajstić information content (AvgIpc) is 2.51. The van der Waals surface area contributed by atoms with Crippen LogP contribution in [0.5, 0.6) is 0 Å². The van der Waals surface area contributed by atoms with Gasteiger partial charge in [0.05, 0.1) is 12.7 Å². The number of hydrogen-bond donors (Lipinski definition) is 1. The van der Waals surface area contributed by atoms with Crippen LogP contribution in [-0.2, 0) is 19.6 Å².